The van der Waals surface area contributed by atoms with Gasteiger partial charge in [0.05, 0.1) is 6.10 Å². The Labute approximate surface area is 99.9 Å². The molecule has 0 aliphatic carbocycles. The first-order valence-corrected chi connectivity index (χ1v) is 6.45. The van der Waals surface area contributed by atoms with Gasteiger partial charge in [-0.1, -0.05) is 0 Å². The van der Waals surface area contributed by atoms with Crippen molar-refractivity contribution in [3.05, 3.63) is 0 Å². The molecule has 1 saturated heterocycles. The maximum atomic E-state index is 5.47. The Balaban J connectivity index is 1.95. The van der Waals surface area contributed by atoms with Crippen molar-refractivity contribution in [2.24, 2.45) is 0 Å². The topological polar surface area (TPSA) is 27.7 Å². The Morgan fingerprint density at radius 2 is 1.94 bits per heavy atom. The highest BCUT2D eigenvalue weighted by Crippen LogP contribution is 1.97. The van der Waals surface area contributed by atoms with Crippen molar-refractivity contribution in [1.29, 1.82) is 0 Å². The van der Waals surface area contributed by atoms with Crippen molar-refractivity contribution >= 4 is 0 Å². The average Bonchev–Trinajstić information content (AvgIpc) is 2.27. The van der Waals surface area contributed by atoms with Crippen LogP contribution in [0.3, 0.4) is 0 Å². The fourth-order valence-corrected chi connectivity index (χ4v) is 1.96. The van der Waals surface area contributed by atoms with Gasteiger partial charge in [0.25, 0.3) is 0 Å². The molecule has 0 aromatic carbocycles. The molecule has 1 aliphatic rings. The van der Waals surface area contributed by atoms with E-state index in [2.05, 4.69) is 29.1 Å². The van der Waals surface area contributed by atoms with Crippen LogP contribution < -0.4 is 5.32 Å². The van der Waals surface area contributed by atoms with E-state index in [-0.39, 0.29) is 0 Å². The summed E-state index contributed by atoms with van der Waals surface area (Å²) in [5.41, 5.74) is 0. The number of nitrogens with one attached hydrogen (secondary N) is 1. The molecule has 0 aromatic rings. The molecule has 1 rings (SSSR count). The largest absolute Gasteiger partial charge is 0.377 e. The molecule has 1 atom stereocenters. The van der Waals surface area contributed by atoms with Crippen LogP contribution in [-0.4, -0.2) is 75.4 Å². The molecule has 1 heterocycles. The summed E-state index contributed by atoms with van der Waals surface area (Å²) in [6.45, 7) is 13.0. The number of hydrogen-bond acceptors (Lipinski definition) is 4. The molecule has 1 N–H and O–H groups in total. The van der Waals surface area contributed by atoms with E-state index in [0.29, 0.717) is 6.10 Å². The van der Waals surface area contributed by atoms with Crippen molar-refractivity contribution in [3.63, 3.8) is 0 Å². The van der Waals surface area contributed by atoms with Crippen molar-refractivity contribution in [2.45, 2.75) is 20.0 Å². The minimum absolute atomic E-state index is 0.331. The van der Waals surface area contributed by atoms with Gasteiger partial charge in [-0.05, 0) is 20.9 Å². The van der Waals surface area contributed by atoms with E-state index in [9.17, 15) is 0 Å². The van der Waals surface area contributed by atoms with Crippen LogP contribution in [0.15, 0.2) is 0 Å². The molecular weight excluding hydrogens is 202 g/mol. The molecule has 0 bridgehead atoms. The van der Waals surface area contributed by atoms with Crippen LogP contribution in [0.4, 0.5) is 0 Å². The van der Waals surface area contributed by atoms with Crippen LogP contribution in [0.2, 0.25) is 0 Å². The van der Waals surface area contributed by atoms with Crippen molar-refractivity contribution in [1.82, 2.24) is 15.1 Å². The summed E-state index contributed by atoms with van der Waals surface area (Å²) in [4.78, 5) is 4.92. The van der Waals surface area contributed by atoms with Crippen LogP contribution in [0, 0.1) is 0 Å². The molecule has 16 heavy (non-hydrogen) atoms. The lowest BCUT2D eigenvalue weighted by Crippen LogP contribution is -2.46. The lowest BCUT2D eigenvalue weighted by Gasteiger charge is -2.32. The fourth-order valence-electron chi connectivity index (χ4n) is 1.96. The van der Waals surface area contributed by atoms with Gasteiger partial charge in [-0.25, -0.2) is 0 Å². The van der Waals surface area contributed by atoms with Gasteiger partial charge < -0.3 is 15.0 Å². The average molecular weight is 229 g/mol. The molecule has 1 fully saturated rings. The van der Waals surface area contributed by atoms with Gasteiger partial charge in [0, 0.05) is 52.4 Å². The first kappa shape index (κ1) is 13.9. The Morgan fingerprint density at radius 3 is 2.56 bits per heavy atom. The number of rotatable bonds is 7. The van der Waals surface area contributed by atoms with Crippen LogP contribution in [0.25, 0.3) is 0 Å². The van der Waals surface area contributed by atoms with Crippen molar-refractivity contribution in [2.75, 3.05) is 59.5 Å². The van der Waals surface area contributed by atoms with Crippen molar-refractivity contribution in [3.8, 4) is 0 Å². The second kappa shape index (κ2) is 8.01. The quantitative estimate of drug-likeness (QED) is 0.633. The molecule has 0 aromatic heterocycles. The maximum absolute atomic E-state index is 5.47. The Kier molecular flexibility index (Phi) is 6.96. The molecule has 0 spiro atoms. The summed E-state index contributed by atoms with van der Waals surface area (Å²) in [5.74, 6) is 0. The van der Waals surface area contributed by atoms with Gasteiger partial charge in [-0.2, -0.15) is 0 Å². The molecule has 4 nitrogen and oxygen atoms in total. The Morgan fingerprint density at radius 1 is 1.25 bits per heavy atom. The normalized spacial score (nSPS) is 21.2. The first-order chi connectivity index (χ1) is 7.72. The summed E-state index contributed by atoms with van der Waals surface area (Å²) in [7, 11) is 2.19. The number of nitrogens with zero attached hydrogens (tertiary/aromatic N) is 2. The van der Waals surface area contributed by atoms with E-state index in [4.69, 9.17) is 4.74 Å². The maximum Gasteiger partial charge on any atom is 0.0671 e. The zero-order valence-corrected chi connectivity index (χ0v) is 11.0. The monoisotopic (exact) mass is 229 g/mol. The third kappa shape index (κ3) is 5.80. The summed E-state index contributed by atoms with van der Waals surface area (Å²) in [5, 5.41) is 3.45. The highest BCUT2D eigenvalue weighted by molar-refractivity contribution is 4.70. The van der Waals surface area contributed by atoms with E-state index >= 15 is 0 Å². The fraction of sp³-hybridized carbons (Fsp3) is 1.00. The predicted molar refractivity (Wildman–Crippen MR) is 67.9 cm³/mol. The predicted octanol–water partition coefficient (Wildman–Crippen LogP) is 0.248. The van der Waals surface area contributed by atoms with E-state index in [1.165, 1.54) is 26.2 Å². The standard InChI is InChI=1S/C12H27N3O/c1-4-16-12(2)11-13-5-6-15-9-7-14(3)8-10-15/h12-13H,4-11H2,1-3H3. The lowest BCUT2D eigenvalue weighted by molar-refractivity contribution is 0.0750. The molecule has 4 heteroatoms. The summed E-state index contributed by atoms with van der Waals surface area (Å²) in [6.07, 6.45) is 0.331. The number of ether oxygens (including phenoxy) is 1. The van der Waals surface area contributed by atoms with E-state index in [1.54, 1.807) is 0 Å². The molecular formula is C12H27N3O. The third-order valence-corrected chi connectivity index (χ3v) is 3.08. The van der Waals surface area contributed by atoms with Crippen LogP contribution >= 0.6 is 0 Å². The van der Waals surface area contributed by atoms with Crippen LogP contribution in [0.1, 0.15) is 13.8 Å². The highest BCUT2D eigenvalue weighted by Gasteiger charge is 2.12. The third-order valence-electron chi connectivity index (χ3n) is 3.08. The second-order valence-corrected chi connectivity index (χ2v) is 4.61. The Bertz CT molecular complexity index is 170. The van der Waals surface area contributed by atoms with Gasteiger partial charge in [-0.15, -0.1) is 0 Å². The SMILES string of the molecule is CCOC(C)CNCCN1CCN(C)CC1. The van der Waals surface area contributed by atoms with E-state index in [1.807, 2.05) is 6.92 Å². The highest BCUT2D eigenvalue weighted by atomic mass is 16.5. The smallest absolute Gasteiger partial charge is 0.0671 e. The van der Waals surface area contributed by atoms with Crippen molar-refractivity contribution < 1.29 is 4.74 Å². The summed E-state index contributed by atoms with van der Waals surface area (Å²) >= 11 is 0. The van der Waals surface area contributed by atoms with Gasteiger partial charge in [0.1, 0.15) is 0 Å². The van der Waals surface area contributed by atoms with Gasteiger partial charge >= 0.3 is 0 Å². The molecule has 0 radical (unpaired) electrons. The van der Waals surface area contributed by atoms with Gasteiger partial charge in [0.2, 0.25) is 0 Å². The number of piperazine rings is 1. The minimum Gasteiger partial charge on any atom is -0.377 e. The zero-order chi connectivity index (χ0) is 11.8. The Hall–Kier alpha value is -0.160. The molecule has 0 saturated carbocycles. The molecule has 1 unspecified atom stereocenters. The lowest BCUT2D eigenvalue weighted by atomic mass is 10.3. The minimum atomic E-state index is 0.331. The second-order valence-electron chi connectivity index (χ2n) is 4.61. The van der Waals surface area contributed by atoms with Gasteiger partial charge in [-0.3, -0.25) is 4.90 Å². The summed E-state index contributed by atoms with van der Waals surface area (Å²) < 4.78 is 5.47. The summed E-state index contributed by atoms with van der Waals surface area (Å²) in [6, 6.07) is 0. The van der Waals surface area contributed by atoms with E-state index < -0.39 is 0 Å². The van der Waals surface area contributed by atoms with Gasteiger partial charge in [0.15, 0.2) is 0 Å². The van der Waals surface area contributed by atoms with Crippen LogP contribution in [-0.2, 0) is 4.74 Å². The van der Waals surface area contributed by atoms with Crippen LogP contribution in [0.5, 0.6) is 0 Å². The molecule has 0 amide bonds. The zero-order valence-electron chi connectivity index (χ0n) is 11.0. The number of likely N-dealkylation sites (N-methyl/N-ethyl adjacent to an activating group) is 1. The molecule has 1 aliphatic heterocycles. The number of hydrogen-bond donors (Lipinski definition) is 1. The molecule has 96 valence electrons. The van der Waals surface area contributed by atoms with E-state index in [0.717, 1.165) is 26.2 Å². The first-order valence-electron chi connectivity index (χ1n) is 6.45.